The highest BCUT2D eigenvalue weighted by Crippen LogP contribution is 2.29. The van der Waals surface area contributed by atoms with Crippen molar-refractivity contribution >= 4 is 23.9 Å². The number of carbonyl (C=O) groups is 4. The molecule has 1 aromatic carbocycles. The molecule has 42 heavy (non-hydrogen) atoms. The molecule has 3 amide bonds. The molecule has 0 aliphatic heterocycles. The Bertz CT molecular complexity index is 1020. The van der Waals surface area contributed by atoms with E-state index in [-0.39, 0.29) is 37.3 Å². The van der Waals surface area contributed by atoms with E-state index in [9.17, 15) is 19.2 Å². The zero-order chi connectivity index (χ0) is 31.9. The van der Waals surface area contributed by atoms with E-state index in [2.05, 4.69) is 17.6 Å². The van der Waals surface area contributed by atoms with Gasteiger partial charge in [0, 0.05) is 13.1 Å². The smallest absolute Gasteiger partial charge is 0.408 e. The van der Waals surface area contributed by atoms with E-state index in [0.29, 0.717) is 18.5 Å². The molecule has 0 aliphatic rings. The highest BCUT2D eigenvalue weighted by molar-refractivity contribution is 5.92. The van der Waals surface area contributed by atoms with Gasteiger partial charge in [-0.3, -0.25) is 14.4 Å². The lowest BCUT2D eigenvalue weighted by molar-refractivity contribution is -0.145. The van der Waals surface area contributed by atoms with Crippen molar-refractivity contribution < 1.29 is 28.7 Å². The lowest BCUT2D eigenvalue weighted by Crippen LogP contribution is -2.55. The van der Waals surface area contributed by atoms with Crippen molar-refractivity contribution in [3.63, 3.8) is 0 Å². The average molecular weight is 590 g/mol. The van der Waals surface area contributed by atoms with Gasteiger partial charge < -0.3 is 25.0 Å². The summed E-state index contributed by atoms with van der Waals surface area (Å²) in [6.07, 6.45) is 5.43. The van der Waals surface area contributed by atoms with Crippen molar-refractivity contribution in [3.05, 3.63) is 34.9 Å². The first-order valence-electron chi connectivity index (χ1n) is 15.5. The van der Waals surface area contributed by atoms with Crippen LogP contribution in [0.3, 0.4) is 0 Å². The maximum absolute atomic E-state index is 14.3. The predicted octanol–water partition coefficient (Wildman–Crippen LogP) is 6.15. The minimum absolute atomic E-state index is 0.0271. The van der Waals surface area contributed by atoms with Gasteiger partial charge in [0.2, 0.25) is 11.8 Å². The van der Waals surface area contributed by atoms with Gasteiger partial charge in [-0.15, -0.1) is 0 Å². The summed E-state index contributed by atoms with van der Waals surface area (Å²) in [5, 5.41) is 5.63. The Morgan fingerprint density at radius 1 is 0.952 bits per heavy atom. The molecule has 9 heteroatoms. The number of carbonyl (C=O) groups excluding carboxylic acids is 4. The summed E-state index contributed by atoms with van der Waals surface area (Å²) in [5.74, 6) is -1.39. The lowest BCUT2D eigenvalue weighted by atomic mass is 9.93. The Morgan fingerprint density at radius 3 is 2.19 bits per heavy atom. The summed E-state index contributed by atoms with van der Waals surface area (Å²) in [6.45, 7) is 17.5. The first-order valence-corrected chi connectivity index (χ1v) is 15.5. The van der Waals surface area contributed by atoms with Crippen LogP contribution in [0.15, 0.2) is 18.2 Å². The van der Waals surface area contributed by atoms with Crippen LogP contribution in [0.5, 0.6) is 0 Å². The summed E-state index contributed by atoms with van der Waals surface area (Å²) in [4.78, 5) is 54.5. The zero-order valence-electron chi connectivity index (χ0n) is 27.4. The Kier molecular flexibility index (Phi) is 16.2. The van der Waals surface area contributed by atoms with Crippen LogP contribution in [0.4, 0.5) is 4.79 Å². The third kappa shape index (κ3) is 12.8. The van der Waals surface area contributed by atoms with E-state index in [1.165, 1.54) is 0 Å². The van der Waals surface area contributed by atoms with Crippen molar-refractivity contribution in [2.45, 2.75) is 125 Å². The van der Waals surface area contributed by atoms with E-state index in [4.69, 9.17) is 9.47 Å². The second-order valence-electron chi connectivity index (χ2n) is 12.2. The number of alkyl carbamates (subject to hydrolysis) is 1. The number of unbranched alkanes of at least 4 members (excludes halogenated alkanes) is 5. The van der Waals surface area contributed by atoms with E-state index >= 15 is 0 Å². The van der Waals surface area contributed by atoms with Crippen molar-refractivity contribution in [1.29, 1.82) is 0 Å². The molecule has 0 aliphatic carbocycles. The van der Waals surface area contributed by atoms with Crippen LogP contribution in [0.2, 0.25) is 0 Å². The van der Waals surface area contributed by atoms with Crippen LogP contribution in [0, 0.1) is 19.8 Å². The van der Waals surface area contributed by atoms with Crippen molar-refractivity contribution in [2.24, 2.45) is 5.92 Å². The van der Waals surface area contributed by atoms with Gasteiger partial charge in [-0.25, -0.2) is 4.79 Å². The number of aryl methyl sites for hydroxylation is 1. The molecule has 0 spiro atoms. The Morgan fingerprint density at radius 2 is 1.60 bits per heavy atom. The molecule has 1 rings (SSSR count). The zero-order valence-corrected chi connectivity index (χ0v) is 27.4. The van der Waals surface area contributed by atoms with Gasteiger partial charge in [0.25, 0.3) is 0 Å². The van der Waals surface area contributed by atoms with E-state index in [1.807, 2.05) is 45.9 Å². The van der Waals surface area contributed by atoms with Crippen LogP contribution < -0.4 is 10.6 Å². The first kappa shape index (κ1) is 36.9. The molecule has 0 saturated heterocycles. The minimum Gasteiger partial charge on any atom is -0.466 e. The second-order valence-corrected chi connectivity index (χ2v) is 12.2. The topological polar surface area (TPSA) is 114 Å². The molecule has 0 saturated carbocycles. The van der Waals surface area contributed by atoms with Gasteiger partial charge in [0.15, 0.2) is 0 Å². The van der Waals surface area contributed by atoms with E-state index in [0.717, 1.165) is 43.2 Å². The van der Waals surface area contributed by atoms with Gasteiger partial charge in [0.05, 0.1) is 13.0 Å². The number of hydrogen-bond donors (Lipinski definition) is 2. The normalized spacial score (nSPS) is 12.8. The highest BCUT2D eigenvalue weighted by atomic mass is 16.6. The maximum atomic E-state index is 14.3. The van der Waals surface area contributed by atoms with Crippen molar-refractivity contribution in [3.8, 4) is 0 Å². The minimum atomic E-state index is -0.947. The molecular weight excluding hydrogens is 534 g/mol. The SMILES string of the molecule is CCCCCCCCN(C(=O)C(NC(=O)OC(C)(C)C)C(C)C)C(C(=O)NCCC(=O)OCC)c1cccc(C)c1C. The van der Waals surface area contributed by atoms with Crippen LogP contribution in [-0.4, -0.2) is 60.1 Å². The molecule has 0 heterocycles. The second kappa shape index (κ2) is 18.4. The molecule has 2 unspecified atom stereocenters. The van der Waals surface area contributed by atoms with Gasteiger partial charge in [-0.2, -0.15) is 0 Å². The largest absolute Gasteiger partial charge is 0.466 e. The summed E-state index contributed by atoms with van der Waals surface area (Å²) >= 11 is 0. The number of rotatable bonds is 17. The van der Waals surface area contributed by atoms with Crippen molar-refractivity contribution in [2.75, 3.05) is 19.7 Å². The van der Waals surface area contributed by atoms with E-state index in [1.54, 1.807) is 32.6 Å². The molecule has 238 valence electrons. The van der Waals surface area contributed by atoms with E-state index < -0.39 is 29.7 Å². The van der Waals surface area contributed by atoms with Crippen molar-refractivity contribution in [1.82, 2.24) is 15.5 Å². The molecule has 0 fully saturated rings. The first-order chi connectivity index (χ1) is 19.7. The molecular formula is C33H55N3O6. The van der Waals surface area contributed by atoms with Gasteiger partial charge in [-0.1, -0.05) is 71.1 Å². The monoisotopic (exact) mass is 589 g/mol. The third-order valence-electron chi connectivity index (χ3n) is 7.08. The Balaban J connectivity index is 3.47. The average Bonchev–Trinajstić information content (AvgIpc) is 2.89. The van der Waals surface area contributed by atoms with Gasteiger partial charge in [-0.05, 0) is 70.6 Å². The number of nitrogens with one attached hydrogen (secondary N) is 2. The summed E-state index contributed by atoms with van der Waals surface area (Å²) in [6, 6.07) is 3.86. The fraction of sp³-hybridized carbons (Fsp3) is 0.697. The quantitative estimate of drug-likeness (QED) is 0.166. The van der Waals surface area contributed by atoms with Gasteiger partial charge >= 0.3 is 12.1 Å². The Labute approximate surface area is 253 Å². The van der Waals surface area contributed by atoms with Gasteiger partial charge in [0.1, 0.15) is 17.7 Å². The molecule has 2 atom stereocenters. The number of ether oxygens (including phenoxy) is 2. The maximum Gasteiger partial charge on any atom is 0.408 e. The number of amides is 3. The number of esters is 1. The standard InChI is InChI=1S/C33H55N3O6/c1-10-12-13-14-15-16-22-36(31(39)28(23(3)4)35-32(40)42-33(7,8)9)29(26-19-17-18-24(5)25(26)6)30(38)34-21-20-27(37)41-11-2/h17-19,23,28-29H,10-16,20-22H2,1-9H3,(H,34,38)(H,35,40). The fourth-order valence-corrected chi connectivity index (χ4v) is 4.69. The molecule has 0 radical (unpaired) electrons. The molecule has 0 aromatic heterocycles. The van der Waals surface area contributed by atoms with Crippen LogP contribution in [0.25, 0.3) is 0 Å². The lowest BCUT2D eigenvalue weighted by Gasteiger charge is -2.36. The van der Waals surface area contributed by atoms with Crippen LogP contribution in [0.1, 0.15) is 116 Å². The summed E-state index contributed by atoms with van der Waals surface area (Å²) in [5.41, 5.74) is 1.89. The summed E-state index contributed by atoms with van der Waals surface area (Å²) < 4.78 is 10.5. The molecule has 2 N–H and O–H groups in total. The Hall–Kier alpha value is -3.10. The fourth-order valence-electron chi connectivity index (χ4n) is 4.69. The number of nitrogens with zero attached hydrogens (tertiary/aromatic N) is 1. The third-order valence-corrected chi connectivity index (χ3v) is 7.08. The van der Waals surface area contributed by atoms with Crippen LogP contribution >= 0.6 is 0 Å². The summed E-state index contributed by atoms with van der Waals surface area (Å²) in [7, 11) is 0. The number of hydrogen-bond acceptors (Lipinski definition) is 6. The predicted molar refractivity (Wildman–Crippen MR) is 166 cm³/mol. The number of benzene rings is 1. The molecule has 0 bridgehead atoms. The molecule has 9 nitrogen and oxygen atoms in total. The molecule has 1 aromatic rings. The highest BCUT2D eigenvalue weighted by Gasteiger charge is 2.38. The van der Waals surface area contributed by atoms with Crippen LogP contribution in [-0.2, 0) is 23.9 Å².